The SMILES string of the molecule is BrC1CCN(C2CCOC2)CC1. The minimum absolute atomic E-state index is 0.727. The van der Waals surface area contributed by atoms with Gasteiger partial charge in [-0.05, 0) is 32.4 Å². The van der Waals surface area contributed by atoms with Gasteiger partial charge in [0.2, 0.25) is 0 Å². The van der Waals surface area contributed by atoms with Gasteiger partial charge in [-0.15, -0.1) is 0 Å². The van der Waals surface area contributed by atoms with Crippen LogP contribution in [0.3, 0.4) is 0 Å². The van der Waals surface area contributed by atoms with E-state index >= 15 is 0 Å². The molecule has 2 fully saturated rings. The molecule has 12 heavy (non-hydrogen) atoms. The zero-order valence-electron chi connectivity index (χ0n) is 7.34. The Labute approximate surface area is 82.4 Å². The van der Waals surface area contributed by atoms with Gasteiger partial charge >= 0.3 is 0 Å². The fourth-order valence-electron chi connectivity index (χ4n) is 2.04. The average Bonchev–Trinajstić information content (AvgIpc) is 2.58. The van der Waals surface area contributed by atoms with E-state index in [0.29, 0.717) is 0 Å². The third kappa shape index (κ3) is 2.01. The molecule has 0 saturated carbocycles. The Morgan fingerprint density at radius 1 is 1.17 bits per heavy atom. The Kier molecular flexibility index (Phi) is 3.05. The van der Waals surface area contributed by atoms with Crippen molar-refractivity contribution in [3.63, 3.8) is 0 Å². The molecule has 0 amide bonds. The van der Waals surface area contributed by atoms with Gasteiger partial charge in [0.15, 0.2) is 0 Å². The number of hydrogen-bond acceptors (Lipinski definition) is 2. The van der Waals surface area contributed by atoms with Crippen LogP contribution in [0, 0.1) is 0 Å². The Morgan fingerprint density at radius 2 is 1.92 bits per heavy atom. The van der Waals surface area contributed by atoms with Gasteiger partial charge in [-0.1, -0.05) is 15.9 Å². The first-order valence-electron chi connectivity index (χ1n) is 4.82. The zero-order valence-corrected chi connectivity index (χ0v) is 8.92. The molecule has 2 aliphatic heterocycles. The molecule has 2 rings (SSSR count). The van der Waals surface area contributed by atoms with Gasteiger partial charge in [-0.25, -0.2) is 0 Å². The van der Waals surface area contributed by atoms with Gasteiger partial charge < -0.3 is 4.74 Å². The van der Waals surface area contributed by atoms with Crippen molar-refractivity contribution in [1.82, 2.24) is 4.90 Å². The first-order chi connectivity index (χ1) is 5.86. The van der Waals surface area contributed by atoms with E-state index in [9.17, 15) is 0 Å². The number of piperidine rings is 1. The molecular weight excluding hydrogens is 218 g/mol. The van der Waals surface area contributed by atoms with Crippen molar-refractivity contribution in [3.8, 4) is 0 Å². The summed E-state index contributed by atoms with van der Waals surface area (Å²) in [5.41, 5.74) is 0. The highest BCUT2D eigenvalue weighted by molar-refractivity contribution is 9.09. The van der Waals surface area contributed by atoms with Crippen LogP contribution < -0.4 is 0 Å². The molecule has 3 heteroatoms. The molecule has 0 aromatic carbocycles. The molecule has 0 aromatic rings. The van der Waals surface area contributed by atoms with Crippen LogP contribution in [0.4, 0.5) is 0 Å². The summed E-state index contributed by atoms with van der Waals surface area (Å²) >= 11 is 3.67. The van der Waals surface area contributed by atoms with Crippen LogP contribution in [-0.4, -0.2) is 42.1 Å². The Morgan fingerprint density at radius 3 is 2.50 bits per heavy atom. The molecule has 2 saturated heterocycles. The highest BCUT2D eigenvalue weighted by Gasteiger charge is 2.26. The van der Waals surface area contributed by atoms with Crippen LogP contribution in [0.5, 0.6) is 0 Å². The fraction of sp³-hybridized carbons (Fsp3) is 1.00. The molecule has 0 bridgehead atoms. The third-order valence-electron chi connectivity index (χ3n) is 2.88. The third-order valence-corrected chi connectivity index (χ3v) is 3.80. The van der Waals surface area contributed by atoms with E-state index < -0.39 is 0 Å². The molecule has 70 valence electrons. The molecule has 1 unspecified atom stereocenters. The Balaban J connectivity index is 1.80. The average molecular weight is 234 g/mol. The highest BCUT2D eigenvalue weighted by Crippen LogP contribution is 2.22. The summed E-state index contributed by atoms with van der Waals surface area (Å²) in [4.78, 5) is 3.35. The van der Waals surface area contributed by atoms with Crippen molar-refractivity contribution >= 4 is 15.9 Å². The van der Waals surface area contributed by atoms with Crippen molar-refractivity contribution < 1.29 is 4.74 Å². The van der Waals surface area contributed by atoms with Crippen molar-refractivity contribution in [3.05, 3.63) is 0 Å². The quantitative estimate of drug-likeness (QED) is 0.639. The van der Waals surface area contributed by atoms with E-state index in [-0.39, 0.29) is 0 Å². The largest absolute Gasteiger partial charge is 0.380 e. The van der Waals surface area contributed by atoms with Crippen LogP contribution in [0.15, 0.2) is 0 Å². The van der Waals surface area contributed by atoms with E-state index in [1.165, 1.54) is 32.4 Å². The van der Waals surface area contributed by atoms with Crippen LogP contribution in [-0.2, 0) is 4.74 Å². The van der Waals surface area contributed by atoms with E-state index in [0.717, 1.165) is 24.1 Å². The standard InChI is InChI=1S/C9H16BrNO/c10-8-1-4-11(5-2-8)9-3-6-12-7-9/h8-9H,1-7H2. The van der Waals surface area contributed by atoms with Gasteiger partial charge in [-0.3, -0.25) is 4.90 Å². The maximum Gasteiger partial charge on any atom is 0.0622 e. The molecule has 0 N–H and O–H groups in total. The van der Waals surface area contributed by atoms with E-state index in [2.05, 4.69) is 20.8 Å². The van der Waals surface area contributed by atoms with Gasteiger partial charge in [-0.2, -0.15) is 0 Å². The predicted octanol–water partition coefficient (Wildman–Crippen LogP) is 1.63. The molecule has 0 aliphatic carbocycles. The molecular formula is C9H16BrNO. The number of halogens is 1. The second-order valence-electron chi connectivity index (χ2n) is 3.73. The first kappa shape index (κ1) is 8.97. The minimum atomic E-state index is 0.727. The number of nitrogens with zero attached hydrogens (tertiary/aromatic N) is 1. The molecule has 2 heterocycles. The van der Waals surface area contributed by atoms with Crippen molar-refractivity contribution in [2.75, 3.05) is 26.3 Å². The Hall–Kier alpha value is 0.400. The second kappa shape index (κ2) is 4.07. The van der Waals surface area contributed by atoms with E-state index in [1.54, 1.807) is 0 Å². The summed E-state index contributed by atoms with van der Waals surface area (Å²) in [6.45, 7) is 4.44. The van der Waals surface area contributed by atoms with Crippen molar-refractivity contribution in [2.24, 2.45) is 0 Å². The number of likely N-dealkylation sites (tertiary alicyclic amines) is 1. The van der Waals surface area contributed by atoms with Crippen molar-refractivity contribution in [1.29, 1.82) is 0 Å². The highest BCUT2D eigenvalue weighted by atomic mass is 79.9. The zero-order chi connectivity index (χ0) is 8.39. The van der Waals surface area contributed by atoms with Gasteiger partial charge in [0.05, 0.1) is 6.61 Å². The number of rotatable bonds is 1. The summed E-state index contributed by atoms with van der Waals surface area (Å²) < 4.78 is 5.38. The molecule has 2 nitrogen and oxygen atoms in total. The molecule has 0 spiro atoms. The lowest BCUT2D eigenvalue weighted by Gasteiger charge is -2.33. The predicted molar refractivity (Wildman–Crippen MR) is 52.7 cm³/mol. The lowest BCUT2D eigenvalue weighted by molar-refractivity contribution is 0.130. The monoisotopic (exact) mass is 233 g/mol. The summed E-state index contributed by atoms with van der Waals surface area (Å²) in [7, 11) is 0. The number of ether oxygens (including phenoxy) is 1. The molecule has 0 aromatic heterocycles. The van der Waals surface area contributed by atoms with Gasteiger partial charge in [0.25, 0.3) is 0 Å². The molecule has 2 aliphatic rings. The van der Waals surface area contributed by atoms with Crippen LogP contribution in [0.2, 0.25) is 0 Å². The summed E-state index contributed by atoms with van der Waals surface area (Å²) in [6.07, 6.45) is 3.85. The first-order valence-corrected chi connectivity index (χ1v) is 5.73. The fourth-order valence-corrected chi connectivity index (χ4v) is 2.45. The van der Waals surface area contributed by atoms with Crippen LogP contribution in [0.1, 0.15) is 19.3 Å². The van der Waals surface area contributed by atoms with Gasteiger partial charge in [0.1, 0.15) is 0 Å². The van der Waals surface area contributed by atoms with Gasteiger partial charge in [0, 0.05) is 17.5 Å². The lowest BCUT2D eigenvalue weighted by atomic mass is 10.1. The Bertz CT molecular complexity index is 139. The topological polar surface area (TPSA) is 12.5 Å². The van der Waals surface area contributed by atoms with Crippen LogP contribution in [0.25, 0.3) is 0 Å². The van der Waals surface area contributed by atoms with E-state index in [4.69, 9.17) is 4.74 Å². The molecule has 1 atom stereocenters. The van der Waals surface area contributed by atoms with Crippen LogP contribution >= 0.6 is 15.9 Å². The molecule has 0 radical (unpaired) electrons. The normalized spacial score (nSPS) is 34.2. The second-order valence-corrected chi connectivity index (χ2v) is 5.02. The lowest BCUT2D eigenvalue weighted by Crippen LogP contribution is -2.41. The summed E-state index contributed by atoms with van der Waals surface area (Å²) in [5, 5.41) is 0. The summed E-state index contributed by atoms with van der Waals surface area (Å²) in [6, 6.07) is 0.727. The maximum atomic E-state index is 5.38. The number of alkyl halides is 1. The smallest absolute Gasteiger partial charge is 0.0622 e. The minimum Gasteiger partial charge on any atom is -0.380 e. The maximum absolute atomic E-state index is 5.38. The summed E-state index contributed by atoms with van der Waals surface area (Å²) in [5.74, 6) is 0. The number of hydrogen-bond donors (Lipinski definition) is 0. The van der Waals surface area contributed by atoms with E-state index in [1.807, 2.05) is 0 Å². The van der Waals surface area contributed by atoms with Crippen molar-refractivity contribution in [2.45, 2.75) is 30.1 Å².